The van der Waals surface area contributed by atoms with Gasteiger partial charge in [-0.05, 0) is 56.9 Å². The zero-order valence-corrected chi connectivity index (χ0v) is 16.8. The summed E-state index contributed by atoms with van der Waals surface area (Å²) in [5, 5.41) is 3.05. The average Bonchev–Trinajstić information content (AvgIpc) is 2.65. The number of rotatable bonds is 4. The van der Waals surface area contributed by atoms with Gasteiger partial charge in [0.05, 0.1) is 4.90 Å². The molecule has 0 radical (unpaired) electrons. The summed E-state index contributed by atoms with van der Waals surface area (Å²) < 4.78 is 26.9. The largest absolute Gasteiger partial charge is 0.325 e. The molecule has 1 fully saturated rings. The topological polar surface area (TPSA) is 66.5 Å². The Morgan fingerprint density at radius 3 is 2.11 bits per heavy atom. The number of anilines is 1. The standard InChI is InChI=1S/C21H26N2O3S/c1-15-13-16(2)20(17(3)14-15)22-21(24)18-9-11-23(12-10-18)27(25,26)19-7-5-4-6-8-19/h4-8,13-14,18H,9-12H2,1-3H3,(H,22,24). The molecule has 27 heavy (non-hydrogen) atoms. The Bertz CT molecular complexity index is 908. The number of hydrogen-bond acceptors (Lipinski definition) is 3. The summed E-state index contributed by atoms with van der Waals surface area (Å²) in [6.07, 6.45) is 1.06. The minimum atomic E-state index is -3.49. The van der Waals surface area contributed by atoms with Gasteiger partial charge in [-0.2, -0.15) is 4.31 Å². The number of amides is 1. The van der Waals surface area contributed by atoms with E-state index in [9.17, 15) is 13.2 Å². The van der Waals surface area contributed by atoms with Crippen molar-refractivity contribution in [3.63, 3.8) is 0 Å². The van der Waals surface area contributed by atoms with E-state index in [1.807, 2.05) is 20.8 Å². The van der Waals surface area contributed by atoms with Crippen molar-refractivity contribution in [2.24, 2.45) is 5.92 Å². The van der Waals surface area contributed by atoms with E-state index in [1.165, 1.54) is 9.87 Å². The lowest BCUT2D eigenvalue weighted by Gasteiger charge is -2.30. The fourth-order valence-corrected chi connectivity index (χ4v) is 5.19. The van der Waals surface area contributed by atoms with Crippen molar-refractivity contribution < 1.29 is 13.2 Å². The second kappa shape index (κ2) is 7.82. The van der Waals surface area contributed by atoms with Gasteiger partial charge in [-0.15, -0.1) is 0 Å². The fraction of sp³-hybridized carbons (Fsp3) is 0.381. The third-order valence-electron chi connectivity index (χ3n) is 5.13. The Morgan fingerprint density at radius 1 is 1.00 bits per heavy atom. The summed E-state index contributed by atoms with van der Waals surface area (Å²) in [6.45, 7) is 6.74. The maximum Gasteiger partial charge on any atom is 0.243 e. The molecule has 1 aliphatic rings. The lowest BCUT2D eigenvalue weighted by molar-refractivity contribution is -0.120. The van der Waals surface area contributed by atoms with Crippen molar-refractivity contribution in [3.8, 4) is 0 Å². The minimum Gasteiger partial charge on any atom is -0.325 e. The van der Waals surface area contributed by atoms with Crippen molar-refractivity contribution in [1.29, 1.82) is 0 Å². The number of aryl methyl sites for hydroxylation is 3. The van der Waals surface area contributed by atoms with E-state index < -0.39 is 10.0 Å². The number of sulfonamides is 1. The van der Waals surface area contributed by atoms with Crippen LogP contribution in [0.3, 0.4) is 0 Å². The lowest BCUT2D eigenvalue weighted by Crippen LogP contribution is -2.41. The Hall–Kier alpha value is -2.18. The van der Waals surface area contributed by atoms with Crippen LogP contribution in [0.15, 0.2) is 47.4 Å². The summed E-state index contributed by atoms with van der Waals surface area (Å²) in [6, 6.07) is 12.6. The van der Waals surface area contributed by atoms with E-state index in [0.29, 0.717) is 30.8 Å². The number of piperidine rings is 1. The molecule has 0 aliphatic carbocycles. The maximum absolute atomic E-state index is 12.7. The predicted octanol–water partition coefficient (Wildman–Crippen LogP) is 3.65. The number of nitrogens with zero attached hydrogens (tertiary/aromatic N) is 1. The number of nitrogens with one attached hydrogen (secondary N) is 1. The van der Waals surface area contributed by atoms with Crippen molar-refractivity contribution in [2.75, 3.05) is 18.4 Å². The first-order chi connectivity index (χ1) is 12.8. The monoisotopic (exact) mass is 386 g/mol. The highest BCUT2D eigenvalue weighted by atomic mass is 32.2. The summed E-state index contributed by atoms with van der Waals surface area (Å²) in [5.41, 5.74) is 4.13. The molecule has 144 valence electrons. The van der Waals surface area contributed by atoms with Gasteiger partial charge in [-0.25, -0.2) is 8.42 Å². The van der Waals surface area contributed by atoms with Crippen LogP contribution in [0.2, 0.25) is 0 Å². The average molecular weight is 387 g/mol. The molecule has 1 heterocycles. The molecule has 6 heteroatoms. The van der Waals surface area contributed by atoms with Crippen molar-refractivity contribution >= 4 is 21.6 Å². The van der Waals surface area contributed by atoms with Crippen LogP contribution in [0.5, 0.6) is 0 Å². The number of carbonyl (C=O) groups is 1. The van der Waals surface area contributed by atoms with Gasteiger partial charge in [0.15, 0.2) is 0 Å². The molecule has 0 atom stereocenters. The number of carbonyl (C=O) groups excluding carboxylic acids is 1. The van der Waals surface area contributed by atoms with Gasteiger partial charge in [0.1, 0.15) is 0 Å². The first-order valence-electron chi connectivity index (χ1n) is 9.23. The first-order valence-corrected chi connectivity index (χ1v) is 10.7. The summed E-state index contributed by atoms with van der Waals surface area (Å²) in [7, 11) is -3.49. The first kappa shape index (κ1) is 19.6. The Labute approximate surface area is 161 Å². The van der Waals surface area contributed by atoms with Crippen LogP contribution in [0.25, 0.3) is 0 Å². The SMILES string of the molecule is Cc1cc(C)c(NC(=O)C2CCN(S(=O)(=O)c3ccccc3)CC2)c(C)c1. The van der Waals surface area contributed by atoms with E-state index in [1.54, 1.807) is 30.3 Å². The summed E-state index contributed by atoms with van der Waals surface area (Å²) in [4.78, 5) is 13.0. The smallest absolute Gasteiger partial charge is 0.243 e. The lowest BCUT2D eigenvalue weighted by atomic mass is 9.96. The highest BCUT2D eigenvalue weighted by Gasteiger charge is 2.32. The minimum absolute atomic E-state index is 0.0261. The van der Waals surface area contributed by atoms with Gasteiger partial charge < -0.3 is 5.32 Å². The molecule has 1 N–H and O–H groups in total. The van der Waals surface area contributed by atoms with Crippen LogP contribution in [0.1, 0.15) is 29.5 Å². The summed E-state index contributed by atoms with van der Waals surface area (Å²) in [5.74, 6) is -0.200. The molecule has 1 saturated heterocycles. The quantitative estimate of drug-likeness (QED) is 0.872. The number of benzene rings is 2. The zero-order chi connectivity index (χ0) is 19.6. The van der Waals surface area contributed by atoms with Gasteiger partial charge in [0.25, 0.3) is 0 Å². The van der Waals surface area contributed by atoms with Gasteiger partial charge in [-0.3, -0.25) is 4.79 Å². The Balaban J connectivity index is 1.65. The molecule has 2 aromatic rings. The van der Waals surface area contributed by atoms with Gasteiger partial charge in [-0.1, -0.05) is 35.9 Å². The van der Waals surface area contributed by atoms with Crippen LogP contribution >= 0.6 is 0 Å². The van der Waals surface area contributed by atoms with Crippen LogP contribution in [-0.2, 0) is 14.8 Å². The van der Waals surface area contributed by atoms with Crippen LogP contribution in [-0.4, -0.2) is 31.7 Å². The van der Waals surface area contributed by atoms with Gasteiger partial charge >= 0.3 is 0 Å². The third-order valence-corrected chi connectivity index (χ3v) is 7.04. The van der Waals surface area contributed by atoms with Crippen molar-refractivity contribution in [3.05, 3.63) is 59.2 Å². The predicted molar refractivity (Wildman–Crippen MR) is 107 cm³/mol. The second-order valence-electron chi connectivity index (χ2n) is 7.25. The molecular weight excluding hydrogens is 360 g/mol. The van der Waals surface area contributed by atoms with E-state index in [4.69, 9.17) is 0 Å². The highest BCUT2D eigenvalue weighted by molar-refractivity contribution is 7.89. The van der Waals surface area contributed by atoms with Crippen LogP contribution in [0.4, 0.5) is 5.69 Å². The van der Waals surface area contributed by atoms with E-state index in [-0.39, 0.29) is 11.8 Å². The molecule has 0 spiro atoms. The molecule has 0 saturated carbocycles. The third kappa shape index (κ3) is 4.22. The molecule has 2 aromatic carbocycles. The van der Waals surface area contributed by atoms with E-state index >= 15 is 0 Å². The molecule has 0 bridgehead atoms. The molecular formula is C21H26N2O3S. The molecule has 0 aromatic heterocycles. The van der Waals surface area contributed by atoms with Crippen molar-refractivity contribution in [1.82, 2.24) is 4.31 Å². The van der Waals surface area contributed by atoms with Gasteiger partial charge in [0, 0.05) is 24.7 Å². The van der Waals surface area contributed by atoms with E-state index in [2.05, 4.69) is 17.4 Å². The molecule has 0 unspecified atom stereocenters. The maximum atomic E-state index is 12.7. The number of hydrogen-bond donors (Lipinski definition) is 1. The van der Waals surface area contributed by atoms with Crippen LogP contribution in [0, 0.1) is 26.7 Å². The van der Waals surface area contributed by atoms with Crippen LogP contribution < -0.4 is 5.32 Å². The van der Waals surface area contributed by atoms with Crippen molar-refractivity contribution in [2.45, 2.75) is 38.5 Å². The molecule has 3 rings (SSSR count). The normalized spacial score (nSPS) is 16.3. The highest BCUT2D eigenvalue weighted by Crippen LogP contribution is 2.27. The molecule has 1 amide bonds. The summed E-state index contributed by atoms with van der Waals surface area (Å²) >= 11 is 0. The Morgan fingerprint density at radius 2 is 1.56 bits per heavy atom. The van der Waals surface area contributed by atoms with E-state index in [0.717, 1.165) is 16.8 Å². The second-order valence-corrected chi connectivity index (χ2v) is 9.19. The fourth-order valence-electron chi connectivity index (χ4n) is 3.70. The zero-order valence-electron chi connectivity index (χ0n) is 16.0. The van der Waals surface area contributed by atoms with Gasteiger partial charge in [0.2, 0.25) is 15.9 Å². The Kier molecular flexibility index (Phi) is 5.67. The molecule has 1 aliphatic heterocycles. The molecule has 5 nitrogen and oxygen atoms in total.